The van der Waals surface area contributed by atoms with Gasteiger partial charge in [-0.05, 0) is 25.1 Å². The van der Waals surface area contributed by atoms with E-state index in [9.17, 15) is 21.6 Å². The van der Waals surface area contributed by atoms with Gasteiger partial charge in [0.25, 0.3) is 0 Å². The number of ether oxygens (including phenoxy) is 1. The van der Waals surface area contributed by atoms with Crippen LogP contribution in [-0.2, 0) is 24.8 Å². The van der Waals surface area contributed by atoms with Gasteiger partial charge in [0, 0.05) is 26.2 Å². The van der Waals surface area contributed by atoms with Crippen molar-refractivity contribution in [2.45, 2.75) is 11.8 Å². The number of carbonyl (C=O) groups excluding carboxylic acids is 1. The first kappa shape index (κ1) is 20.1. The number of methoxy groups -OCH3 is 1. The van der Waals surface area contributed by atoms with E-state index < -0.39 is 26.0 Å². The lowest BCUT2D eigenvalue weighted by Gasteiger charge is -2.33. The van der Waals surface area contributed by atoms with Crippen molar-refractivity contribution in [2.24, 2.45) is 0 Å². The van der Waals surface area contributed by atoms with Crippen molar-refractivity contribution in [1.29, 1.82) is 0 Å². The van der Waals surface area contributed by atoms with Crippen LogP contribution in [0.15, 0.2) is 23.1 Å². The Morgan fingerprint density at radius 2 is 1.68 bits per heavy atom. The molecule has 1 fully saturated rings. The van der Waals surface area contributed by atoms with Crippen LogP contribution in [0, 0.1) is 0 Å². The van der Waals surface area contributed by atoms with Crippen LogP contribution in [0.25, 0.3) is 0 Å². The van der Waals surface area contributed by atoms with Crippen molar-refractivity contribution in [3.63, 3.8) is 0 Å². The molecule has 0 bridgehead atoms. The fourth-order valence-electron chi connectivity index (χ4n) is 2.46. The molecule has 0 atom stereocenters. The summed E-state index contributed by atoms with van der Waals surface area (Å²) in [6.07, 6.45) is 0. The number of esters is 1. The van der Waals surface area contributed by atoms with E-state index in [1.807, 2.05) is 0 Å². The zero-order chi connectivity index (χ0) is 18.8. The van der Waals surface area contributed by atoms with E-state index in [0.717, 1.165) is 4.31 Å². The summed E-state index contributed by atoms with van der Waals surface area (Å²) in [4.78, 5) is 11.4. The Balaban J connectivity index is 2.27. The van der Waals surface area contributed by atoms with Crippen molar-refractivity contribution in [2.75, 3.05) is 39.0 Å². The Labute approximate surface area is 152 Å². The predicted octanol–water partition coefficient (Wildman–Crippen LogP) is 0.783. The van der Waals surface area contributed by atoms with Crippen molar-refractivity contribution < 1.29 is 26.4 Å². The zero-order valence-corrected chi connectivity index (χ0v) is 16.2. The van der Waals surface area contributed by atoms with Gasteiger partial charge in [0.05, 0.1) is 23.4 Å². The molecule has 0 aliphatic carbocycles. The minimum Gasteiger partial charge on any atom is -0.465 e. The first-order chi connectivity index (χ1) is 11.6. The number of hydrogen-bond acceptors (Lipinski definition) is 6. The largest absolute Gasteiger partial charge is 0.465 e. The number of halogens is 1. The van der Waals surface area contributed by atoms with Gasteiger partial charge >= 0.3 is 5.97 Å². The summed E-state index contributed by atoms with van der Waals surface area (Å²) in [5.74, 6) is -0.709. The summed E-state index contributed by atoms with van der Waals surface area (Å²) in [6, 6.07) is 3.86. The summed E-state index contributed by atoms with van der Waals surface area (Å²) in [5, 5.41) is -0.0173. The van der Waals surface area contributed by atoms with Crippen molar-refractivity contribution >= 4 is 37.6 Å². The molecule has 1 saturated heterocycles. The van der Waals surface area contributed by atoms with E-state index >= 15 is 0 Å². The predicted molar refractivity (Wildman–Crippen MR) is 92.6 cm³/mol. The maximum atomic E-state index is 12.8. The fraction of sp³-hybridized carbons (Fsp3) is 0.500. The standard InChI is InChI=1S/C14H19ClN2O6S2/c1-3-24(19,20)16-6-8-17(9-7-16)25(21,22)13-10-11(14(18)23-2)4-5-12(13)15/h4-5,10H,3,6-9H2,1-2H3. The molecular weight excluding hydrogens is 392 g/mol. The van der Waals surface area contributed by atoms with E-state index in [-0.39, 0.29) is 47.4 Å². The summed E-state index contributed by atoms with van der Waals surface area (Å²) in [6.45, 7) is 1.71. The summed E-state index contributed by atoms with van der Waals surface area (Å²) in [7, 11) is -6.13. The minimum absolute atomic E-state index is 0.0142. The van der Waals surface area contributed by atoms with Gasteiger partial charge in [-0.2, -0.15) is 8.61 Å². The number of piperazine rings is 1. The molecule has 0 unspecified atom stereocenters. The molecule has 1 aromatic rings. The number of hydrogen-bond donors (Lipinski definition) is 0. The van der Waals surface area contributed by atoms with Crippen LogP contribution in [0.3, 0.4) is 0 Å². The second-order valence-electron chi connectivity index (χ2n) is 5.34. The molecule has 0 amide bonds. The van der Waals surface area contributed by atoms with Crippen LogP contribution in [-0.4, -0.2) is 70.5 Å². The number of carbonyl (C=O) groups is 1. The molecule has 11 heteroatoms. The van der Waals surface area contributed by atoms with Crippen molar-refractivity contribution in [3.05, 3.63) is 28.8 Å². The van der Waals surface area contributed by atoms with E-state index in [1.165, 1.54) is 36.5 Å². The quantitative estimate of drug-likeness (QED) is 0.665. The van der Waals surface area contributed by atoms with Gasteiger partial charge in [0.2, 0.25) is 20.0 Å². The molecular formula is C14H19ClN2O6S2. The molecule has 140 valence electrons. The lowest BCUT2D eigenvalue weighted by atomic mass is 10.2. The highest BCUT2D eigenvalue weighted by Gasteiger charge is 2.33. The van der Waals surface area contributed by atoms with Gasteiger partial charge in [-0.15, -0.1) is 0 Å². The Morgan fingerprint density at radius 1 is 1.12 bits per heavy atom. The molecule has 1 aliphatic rings. The topological polar surface area (TPSA) is 101 Å². The summed E-state index contributed by atoms with van der Waals surface area (Å²) < 4.78 is 56.4. The minimum atomic E-state index is -3.96. The number of benzene rings is 1. The zero-order valence-electron chi connectivity index (χ0n) is 13.8. The normalized spacial score (nSPS) is 17.4. The molecule has 0 N–H and O–H groups in total. The third kappa shape index (κ3) is 4.14. The van der Waals surface area contributed by atoms with Crippen LogP contribution < -0.4 is 0 Å². The number of nitrogens with zero attached hydrogens (tertiary/aromatic N) is 2. The van der Waals surface area contributed by atoms with Gasteiger partial charge in [-0.1, -0.05) is 11.6 Å². The SMILES string of the molecule is CCS(=O)(=O)N1CCN(S(=O)(=O)c2cc(C(=O)OC)ccc2Cl)CC1. The van der Waals surface area contributed by atoms with Gasteiger partial charge in [0.1, 0.15) is 4.90 Å². The third-order valence-electron chi connectivity index (χ3n) is 3.93. The highest BCUT2D eigenvalue weighted by Crippen LogP contribution is 2.27. The molecule has 8 nitrogen and oxygen atoms in total. The van der Waals surface area contributed by atoms with Crippen molar-refractivity contribution in [3.8, 4) is 0 Å². The molecule has 0 radical (unpaired) electrons. The Kier molecular flexibility index (Phi) is 6.10. The van der Waals surface area contributed by atoms with Crippen LogP contribution in [0.1, 0.15) is 17.3 Å². The first-order valence-corrected chi connectivity index (χ1v) is 10.9. The smallest absolute Gasteiger partial charge is 0.337 e. The monoisotopic (exact) mass is 410 g/mol. The number of rotatable bonds is 5. The fourth-order valence-corrected chi connectivity index (χ4v) is 5.46. The van der Waals surface area contributed by atoms with Gasteiger partial charge in [0.15, 0.2) is 0 Å². The maximum Gasteiger partial charge on any atom is 0.337 e. The highest BCUT2D eigenvalue weighted by atomic mass is 35.5. The van der Waals surface area contributed by atoms with Crippen LogP contribution in [0.2, 0.25) is 5.02 Å². The Bertz CT molecular complexity index is 861. The second kappa shape index (κ2) is 7.58. The third-order valence-corrected chi connectivity index (χ3v) is 8.19. The van der Waals surface area contributed by atoms with Gasteiger partial charge in [-0.25, -0.2) is 21.6 Å². The highest BCUT2D eigenvalue weighted by molar-refractivity contribution is 7.89. The van der Waals surface area contributed by atoms with Crippen LogP contribution in [0.4, 0.5) is 0 Å². The van der Waals surface area contributed by atoms with Crippen molar-refractivity contribution in [1.82, 2.24) is 8.61 Å². The van der Waals surface area contributed by atoms with Crippen LogP contribution >= 0.6 is 11.6 Å². The number of sulfonamides is 2. The molecule has 25 heavy (non-hydrogen) atoms. The molecule has 1 aliphatic heterocycles. The van der Waals surface area contributed by atoms with Crippen LogP contribution in [0.5, 0.6) is 0 Å². The lowest BCUT2D eigenvalue weighted by molar-refractivity contribution is 0.0600. The molecule has 1 aromatic carbocycles. The second-order valence-corrected chi connectivity index (χ2v) is 9.91. The molecule has 0 spiro atoms. The first-order valence-electron chi connectivity index (χ1n) is 7.49. The maximum absolute atomic E-state index is 12.8. The van der Waals surface area contributed by atoms with Gasteiger partial charge in [-0.3, -0.25) is 0 Å². The summed E-state index contributed by atoms with van der Waals surface area (Å²) in [5.41, 5.74) is 0.0673. The molecule has 0 saturated carbocycles. The summed E-state index contributed by atoms with van der Waals surface area (Å²) >= 11 is 6.01. The molecule has 1 heterocycles. The average molecular weight is 411 g/mol. The van der Waals surface area contributed by atoms with E-state index in [1.54, 1.807) is 0 Å². The molecule has 2 rings (SSSR count). The van der Waals surface area contributed by atoms with E-state index in [0.29, 0.717) is 0 Å². The van der Waals surface area contributed by atoms with E-state index in [2.05, 4.69) is 4.74 Å². The Hall–Kier alpha value is -1.20. The lowest BCUT2D eigenvalue weighted by Crippen LogP contribution is -2.50. The van der Waals surface area contributed by atoms with E-state index in [4.69, 9.17) is 11.6 Å². The average Bonchev–Trinajstić information content (AvgIpc) is 2.61. The Morgan fingerprint density at radius 3 is 2.20 bits per heavy atom. The molecule has 0 aromatic heterocycles. The van der Waals surface area contributed by atoms with Gasteiger partial charge < -0.3 is 4.74 Å².